The number of phenols is 2. The van der Waals surface area contributed by atoms with E-state index in [4.69, 9.17) is 9.98 Å². The normalized spacial score (nSPS) is 18.7. The third kappa shape index (κ3) is 8.19. The molecule has 0 spiro atoms. The van der Waals surface area contributed by atoms with E-state index in [2.05, 4.69) is 79.7 Å². The maximum atomic E-state index is 10.9. The van der Waals surface area contributed by atoms with Crippen molar-refractivity contribution in [3.05, 3.63) is 57.6 Å². The first-order valence-corrected chi connectivity index (χ1v) is 14.7. The van der Waals surface area contributed by atoms with Crippen LogP contribution in [0.3, 0.4) is 0 Å². The molecule has 2 unspecified atom stereocenters. The molecule has 1 aliphatic carbocycles. The van der Waals surface area contributed by atoms with Crippen molar-refractivity contribution < 1.29 is 10.2 Å². The summed E-state index contributed by atoms with van der Waals surface area (Å²) < 4.78 is 0. The van der Waals surface area contributed by atoms with Gasteiger partial charge in [-0.15, -0.1) is 0 Å². The molecule has 0 saturated heterocycles. The van der Waals surface area contributed by atoms with E-state index in [1.807, 2.05) is 12.4 Å². The second-order valence-electron chi connectivity index (χ2n) is 12.8. The van der Waals surface area contributed by atoms with Crippen molar-refractivity contribution in [2.45, 2.75) is 118 Å². The summed E-state index contributed by atoms with van der Waals surface area (Å²) in [6, 6.07) is 8.88. The number of nitrogens with zero attached hydrogens (tertiary/aromatic N) is 2. The van der Waals surface area contributed by atoms with Gasteiger partial charge in [0.25, 0.3) is 0 Å². The van der Waals surface area contributed by atoms with Crippen LogP contribution in [-0.4, -0.2) is 34.7 Å². The van der Waals surface area contributed by atoms with E-state index in [1.165, 1.54) is 11.1 Å². The highest BCUT2D eigenvalue weighted by Gasteiger charge is 2.21. The summed E-state index contributed by atoms with van der Waals surface area (Å²) in [5.41, 5.74) is 6.16. The van der Waals surface area contributed by atoms with Crippen molar-refractivity contribution in [1.29, 1.82) is 0 Å². The SMILES string of the molecule is CC(C)Cc1cc(C=NC2CCCC(N=Cc3cc(CC(C)C)cc(C(C)C)c3O)C2)c(O)c(C(C)C)c1. The van der Waals surface area contributed by atoms with Gasteiger partial charge in [0.2, 0.25) is 0 Å². The summed E-state index contributed by atoms with van der Waals surface area (Å²) in [6.07, 6.45) is 9.81. The van der Waals surface area contributed by atoms with E-state index in [9.17, 15) is 10.2 Å². The molecule has 3 rings (SSSR count). The maximum Gasteiger partial charge on any atom is 0.127 e. The zero-order valence-corrected chi connectivity index (χ0v) is 25.0. The summed E-state index contributed by atoms with van der Waals surface area (Å²) in [7, 11) is 0. The second kappa shape index (κ2) is 13.4. The van der Waals surface area contributed by atoms with Crippen molar-refractivity contribution in [3.8, 4) is 11.5 Å². The minimum absolute atomic E-state index is 0.189. The summed E-state index contributed by atoms with van der Waals surface area (Å²) >= 11 is 0. The van der Waals surface area contributed by atoms with Crippen LogP contribution in [0.15, 0.2) is 34.3 Å². The van der Waals surface area contributed by atoms with Gasteiger partial charge in [-0.05, 0) is 96.6 Å². The Balaban J connectivity index is 1.78. The lowest BCUT2D eigenvalue weighted by atomic mass is 9.91. The fourth-order valence-corrected chi connectivity index (χ4v) is 5.53. The average molecular weight is 519 g/mol. The van der Waals surface area contributed by atoms with Crippen molar-refractivity contribution in [2.24, 2.45) is 21.8 Å². The predicted octanol–water partition coefficient (Wildman–Crippen LogP) is 8.59. The number of hydrogen-bond acceptors (Lipinski definition) is 4. The molecule has 2 atom stereocenters. The molecule has 38 heavy (non-hydrogen) atoms. The molecular formula is C34H50N2O2. The van der Waals surface area contributed by atoms with E-state index in [0.717, 1.165) is 60.8 Å². The third-order valence-electron chi connectivity index (χ3n) is 7.46. The molecule has 0 radical (unpaired) electrons. The van der Waals surface area contributed by atoms with Crippen LogP contribution >= 0.6 is 0 Å². The van der Waals surface area contributed by atoms with Crippen LogP contribution in [0.2, 0.25) is 0 Å². The van der Waals surface area contributed by atoms with Crippen LogP contribution < -0.4 is 0 Å². The molecule has 0 amide bonds. The molecule has 4 heteroatoms. The lowest BCUT2D eigenvalue weighted by Gasteiger charge is -2.24. The zero-order valence-electron chi connectivity index (χ0n) is 25.0. The Hall–Kier alpha value is -2.62. The van der Waals surface area contributed by atoms with E-state index in [-0.39, 0.29) is 23.9 Å². The van der Waals surface area contributed by atoms with Gasteiger partial charge in [0.15, 0.2) is 0 Å². The van der Waals surface area contributed by atoms with Gasteiger partial charge in [0, 0.05) is 23.6 Å². The summed E-state index contributed by atoms with van der Waals surface area (Å²) in [5.74, 6) is 2.36. The molecule has 1 fully saturated rings. The van der Waals surface area contributed by atoms with E-state index < -0.39 is 0 Å². The molecule has 0 aliphatic heterocycles. The minimum atomic E-state index is 0.189. The van der Waals surface area contributed by atoms with E-state index in [0.29, 0.717) is 23.3 Å². The molecule has 2 aromatic rings. The van der Waals surface area contributed by atoms with Gasteiger partial charge >= 0.3 is 0 Å². The number of aliphatic imine (C=N–C) groups is 2. The van der Waals surface area contributed by atoms with Gasteiger partial charge in [-0.3, -0.25) is 9.98 Å². The molecule has 2 N–H and O–H groups in total. The van der Waals surface area contributed by atoms with Crippen LogP contribution in [0.1, 0.15) is 126 Å². The topological polar surface area (TPSA) is 65.2 Å². The quantitative estimate of drug-likeness (QED) is 0.309. The van der Waals surface area contributed by atoms with Crippen molar-refractivity contribution in [2.75, 3.05) is 0 Å². The molecule has 2 aromatic carbocycles. The fraction of sp³-hybridized carbons (Fsp3) is 0.588. The highest BCUT2D eigenvalue weighted by atomic mass is 16.3. The monoisotopic (exact) mass is 518 g/mol. The van der Waals surface area contributed by atoms with Crippen molar-refractivity contribution >= 4 is 12.4 Å². The number of hydrogen-bond donors (Lipinski definition) is 2. The predicted molar refractivity (Wildman–Crippen MR) is 163 cm³/mol. The first-order chi connectivity index (χ1) is 17.9. The van der Waals surface area contributed by atoms with E-state index in [1.54, 1.807) is 0 Å². The zero-order chi connectivity index (χ0) is 28.0. The van der Waals surface area contributed by atoms with Gasteiger partial charge in [0.1, 0.15) is 11.5 Å². The standard InChI is InChI=1S/C34H50N2O2/c1-21(2)12-25-14-27(33(37)31(16-25)23(5)6)19-35-29-10-9-11-30(18-29)36-20-28-15-26(13-22(3)4)17-32(24(7)8)34(28)38/h14-17,19-24,29-30,37-38H,9-13,18H2,1-8H3. The molecule has 0 aromatic heterocycles. The summed E-state index contributed by atoms with van der Waals surface area (Å²) in [4.78, 5) is 9.87. The first kappa shape index (κ1) is 29.9. The number of benzene rings is 2. The first-order valence-electron chi connectivity index (χ1n) is 14.7. The van der Waals surface area contributed by atoms with Gasteiger partial charge in [0.05, 0.1) is 12.1 Å². The molecule has 4 nitrogen and oxygen atoms in total. The summed E-state index contributed by atoms with van der Waals surface area (Å²) in [6.45, 7) is 17.4. The average Bonchev–Trinajstić information content (AvgIpc) is 2.83. The van der Waals surface area contributed by atoms with Crippen molar-refractivity contribution in [3.63, 3.8) is 0 Å². The van der Waals surface area contributed by atoms with Gasteiger partial charge in [-0.2, -0.15) is 0 Å². The Morgan fingerprint density at radius 1 is 0.684 bits per heavy atom. The lowest BCUT2D eigenvalue weighted by molar-refractivity contribution is 0.397. The largest absolute Gasteiger partial charge is 0.507 e. The Morgan fingerprint density at radius 3 is 1.42 bits per heavy atom. The Kier molecular flexibility index (Phi) is 10.6. The number of phenolic OH excluding ortho intramolecular Hbond substituents is 2. The van der Waals surface area contributed by atoms with Gasteiger partial charge in [-0.1, -0.05) is 67.5 Å². The Morgan fingerprint density at radius 2 is 1.08 bits per heavy atom. The molecule has 1 saturated carbocycles. The van der Waals surface area contributed by atoms with E-state index >= 15 is 0 Å². The second-order valence-corrected chi connectivity index (χ2v) is 12.8. The Labute approximate surface area is 231 Å². The molecule has 208 valence electrons. The van der Waals surface area contributed by atoms with Crippen molar-refractivity contribution in [1.82, 2.24) is 0 Å². The summed E-state index contributed by atoms with van der Waals surface area (Å²) in [5, 5.41) is 21.9. The van der Waals surface area contributed by atoms with Gasteiger partial charge < -0.3 is 10.2 Å². The molecule has 0 heterocycles. The number of aromatic hydroxyl groups is 2. The maximum absolute atomic E-state index is 10.9. The lowest BCUT2D eigenvalue weighted by Crippen LogP contribution is -2.21. The smallest absolute Gasteiger partial charge is 0.127 e. The molecule has 0 bridgehead atoms. The highest BCUT2D eigenvalue weighted by Crippen LogP contribution is 2.33. The van der Waals surface area contributed by atoms with Crippen LogP contribution in [0.5, 0.6) is 11.5 Å². The number of rotatable bonds is 10. The fourth-order valence-electron chi connectivity index (χ4n) is 5.53. The van der Waals surface area contributed by atoms with Crippen LogP contribution in [0.4, 0.5) is 0 Å². The van der Waals surface area contributed by atoms with Crippen LogP contribution in [-0.2, 0) is 12.8 Å². The van der Waals surface area contributed by atoms with Crippen LogP contribution in [0.25, 0.3) is 0 Å². The highest BCUT2D eigenvalue weighted by molar-refractivity contribution is 5.85. The molecule has 1 aliphatic rings. The Bertz CT molecular complexity index is 1040. The molecular weight excluding hydrogens is 468 g/mol. The minimum Gasteiger partial charge on any atom is -0.507 e. The van der Waals surface area contributed by atoms with Gasteiger partial charge in [-0.25, -0.2) is 0 Å². The van der Waals surface area contributed by atoms with Crippen LogP contribution in [0, 0.1) is 11.8 Å². The third-order valence-corrected chi connectivity index (χ3v) is 7.46.